The second kappa shape index (κ2) is 8.39. The van der Waals surface area contributed by atoms with E-state index in [-0.39, 0.29) is 0 Å². The lowest BCUT2D eigenvalue weighted by atomic mass is 10.2. The highest BCUT2D eigenvalue weighted by atomic mass is 35.5. The van der Waals surface area contributed by atoms with Crippen molar-refractivity contribution in [3.05, 3.63) is 47.0 Å². The van der Waals surface area contributed by atoms with E-state index in [9.17, 15) is 14.4 Å². The lowest BCUT2D eigenvalue weighted by molar-refractivity contribution is -0.135. The number of carbonyl (C=O) groups excluding carboxylic acids is 3. The second-order valence-electron chi connectivity index (χ2n) is 3.55. The van der Waals surface area contributed by atoms with Crippen LogP contribution in [0.25, 0.3) is 0 Å². The summed E-state index contributed by atoms with van der Waals surface area (Å²) in [6.45, 7) is 0. The minimum atomic E-state index is -0.677. The molecule has 1 aromatic carbocycles. The van der Waals surface area contributed by atoms with Crippen molar-refractivity contribution in [2.24, 2.45) is 0 Å². The summed E-state index contributed by atoms with van der Waals surface area (Å²) in [5.41, 5.74) is 0.909. The fourth-order valence-corrected chi connectivity index (χ4v) is 1.91. The van der Waals surface area contributed by atoms with Crippen LogP contribution in [0, 0.1) is 0 Å². The molecule has 7 heteroatoms. The highest BCUT2D eigenvalue weighted by Gasteiger charge is 2.06. The van der Waals surface area contributed by atoms with Gasteiger partial charge in [0.05, 0.1) is 7.11 Å². The number of methoxy groups -OCH3 is 1. The van der Waals surface area contributed by atoms with Gasteiger partial charge in [0.1, 0.15) is 0 Å². The Bertz CT molecular complexity index is 528. The van der Waals surface area contributed by atoms with Crippen LogP contribution < -0.4 is 5.32 Å². The molecule has 0 radical (unpaired) electrons. The Morgan fingerprint density at radius 1 is 1.25 bits per heavy atom. The van der Waals surface area contributed by atoms with Crippen molar-refractivity contribution in [2.75, 3.05) is 7.11 Å². The number of benzene rings is 1. The standard InChI is InChI=1S/C13H12ClNO4S/c1-19-12(17)7-6-11(16)15-13(18)20-8-9-2-4-10(14)5-3-9/h2-7H,8H2,1H3,(H,15,16,18)/b7-6+. The van der Waals surface area contributed by atoms with E-state index < -0.39 is 17.1 Å². The molecular weight excluding hydrogens is 302 g/mol. The Hall–Kier alpha value is -1.79. The molecule has 2 amide bonds. The molecule has 20 heavy (non-hydrogen) atoms. The predicted octanol–water partition coefficient (Wildman–Crippen LogP) is 2.54. The maximum Gasteiger partial charge on any atom is 0.330 e. The third-order valence-corrected chi connectivity index (χ3v) is 3.17. The molecule has 0 aromatic heterocycles. The van der Waals surface area contributed by atoms with E-state index in [1.54, 1.807) is 24.3 Å². The molecule has 0 spiro atoms. The highest BCUT2D eigenvalue weighted by molar-refractivity contribution is 8.12. The van der Waals surface area contributed by atoms with Crippen molar-refractivity contribution in [3.8, 4) is 0 Å². The summed E-state index contributed by atoms with van der Waals surface area (Å²) in [5, 5.41) is 2.22. The zero-order chi connectivity index (χ0) is 15.0. The van der Waals surface area contributed by atoms with Gasteiger partial charge in [-0.05, 0) is 17.7 Å². The molecule has 0 aliphatic heterocycles. The van der Waals surface area contributed by atoms with Crippen molar-refractivity contribution in [1.29, 1.82) is 0 Å². The zero-order valence-electron chi connectivity index (χ0n) is 10.6. The first-order chi connectivity index (χ1) is 9.51. The Balaban J connectivity index is 2.36. The van der Waals surface area contributed by atoms with E-state index in [2.05, 4.69) is 10.1 Å². The number of thioether (sulfide) groups is 1. The second-order valence-corrected chi connectivity index (χ2v) is 4.93. The van der Waals surface area contributed by atoms with Gasteiger partial charge < -0.3 is 4.74 Å². The van der Waals surface area contributed by atoms with Gasteiger partial charge in [0.2, 0.25) is 0 Å². The van der Waals surface area contributed by atoms with Gasteiger partial charge in [-0.15, -0.1) is 0 Å². The fraction of sp³-hybridized carbons (Fsp3) is 0.154. The summed E-state index contributed by atoms with van der Waals surface area (Å²) in [4.78, 5) is 33.5. The van der Waals surface area contributed by atoms with Crippen LogP contribution in [0.1, 0.15) is 5.56 Å². The van der Waals surface area contributed by atoms with Crippen LogP contribution >= 0.6 is 23.4 Å². The average molecular weight is 314 g/mol. The van der Waals surface area contributed by atoms with E-state index >= 15 is 0 Å². The highest BCUT2D eigenvalue weighted by Crippen LogP contribution is 2.15. The van der Waals surface area contributed by atoms with Gasteiger partial charge in [-0.2, -0.15) is 0 Å². The van der Waals surface area contributed by atoms with Gasteiger partial charge in [0.15, 0.2) is 0 Å². The smallest absolute Gasteiger partial charge is 0.330 e. The molecule has 5 nitrogen and oxygen atoms in total. The van der Waals surface area contributed by atoms with Gasteiger partial charge in [-0.3, -0.25) is 14.9 Å². The SMILES string of the molecule is COC(=O)/C=C/C(=O)NC(=O)SCc1ccc(Cl)cc1. The molecule has 0 unspecified atom stereocenters. The normalized spacial score (nSPS) is 10.3. The summed E-state index contributed by atoms with van der Waals surface area (Å²) in [6.07, 6.45) is 1.87. The van der Waals surface area contributed by atoms with Crippen molar-refractivity contribution >= 4 is 40.5 Å². The van der Waals surface area contributed by atoms with Crippen LogP contribution in [-0.2, 0) is 20.1 Å². The Morgan fingerprint density at radius 2 is 1.90 bits per heavy atom. The minimum absolute atomic E-state index is 0.414. The van der Waals surface area contributed by atoms with E-state index in [1.807, 2.05) is 0 Å². The van der Waals surface area contributed by atoms with Crippen molar-refractivity contribution in [1.82, 2.24) is 5.32 Å². The first-order valence-electron chi connectivity index (χ1n) is 5.49. The summed E-state index contributed by atoms with van der Waals surface area (Å²) in [6, 6.07) is 7.03. The van der Waals surface area contributed by atoms with Crippen molar-refractivity contribution in [2.45, 2.75) is 5.75 Å². The third-order valence-electron chi connectivity index (χ3n) is 2.08. The van der Waals surface area contributed by atoms with Gasteiger partial charge >= 0.3 is 5.97 Å². The van der Waals surface area contributed by atoms with E-state index in [1.165, 1.54) is 7.11 Å². The van der Waals surface area contributed by atoms with E-state index in [4.69, 9.17) is 11.6 Å². The first kappa shape index (κ1) is 16.3. The number of carbonyl (C=O) groups is 3. The summed E-state index contributed by atoms with van der Waals surface area (Å²) in [5.74, 6) is -0.929. The fourth-order valence-electron chi connectivity index (χ4n) is 1.12. The molecule has 1 rings (SSSR count). The quantitative estimate of drug-likeness (QED) is 0.683. The molecule has 0 saturated heterocycles. The monoisotopic (exact) mass is 313 g/mol. The zero-order valence-corrected chi connectivity index (χ0v) is 12.2. The molecule has 0 aliphatic carbocycles. The number of halogens is 1. The maximum atomic E-state index is 11.5. The summed E-state index contributed by atoms with van der Waals surface area (Å²) >= 11 is 6.68. The van der Waals surface area contributed by atoms with Gasteiger partial charge in [0, 0.05) is 22.9 Å². The number of hydrogen-bond donors (Lipinski definition) is 1. The van der Waals surface area contributed by atoms with Crippen LogP contribution in [-0.4, -0.2) is 24.2 Å². The molecule has 1 N–H and O–H groups in total. The largest absolute Gasteiger partial charge is 0.466 e. The van der Waals surface area contributed by atoms with Crippen LogP contribution in [0.15, 0.2) is 36.4 Å². The summed E-state index contributed by atoms with van der Waals surface area (Å²) in [7, 11) is 1.19. The number of nitrogens with one attached hydrogen (secondary N) is 1. The molecular formula is C13H12ClNO4S. The maximum absolute atomic E-state index is 11.5. The topological polar surface area (TPSA) is 72.5 Å². The Labute approximate surface area is 125 Å². The van der Waals surface area contributed by atoms with Crippen LogP contribution in [0.3, 0.4) is 0 Å². The van der Waals surface area contributed by atoms with E-state index in [0.29, 0.717) is 10.8 Å². The first-order valence-corrected chi connectivity index (χ1v) is 6.86. The van der Waals surface area contributed by atoms with E-state index in [0.717, 1.165) is 29.5 Å². The van der Waals surface area contributed by atoms with Gasteiger partial charge in [-0.1, -0.05) is 35.5 Å². The number of ether oxygens (including phenoxy) is 1. The Morgan fingerprint density at radius 3 is 2.50 bits per heavy atom. The lowest BCUT2D eigenvalue weighted by Crippen LogP contribution is -2.25. The van der Waals surface area contributed by atoms with Crippen LogP contribution in [0.5, 0.6) is 0 Å². The lowest BCUT2D eigenvalue weighted by Gasteiger charge is -2.01. The minimum Gasteiger partial charge on any atom is -0.466 e. The van der Waals surface area contributed by atoms with Crippen LogP contribution in [0.2, 0.25) is 5.02 Å². The number of rotatable bonds is 4. The molecule has 0 atom stereocenters. The number of amides is 2. The van der Waals surface area contributed by atoms with Crippen LogP contribution in [0.4, 0.5) is 4.79 Å². The average Bonchev–Trinajstić information content (AvgIpc) is 2.44. The molecule has 0 aliphatic rings. The Kier molecular flexibility index (Phi) is 6.83. The van der Waals surface area contributed by atoms with Crippen molar-refractivity contribution in [3.63, 3.8) is 0 Å². The van der Waals surface area contributed by atoms with Gasteiger partial charge in [-0.25, -0.2) is 4.79 Å². The molecule has 0 fully saturated rings. The number of imide groups is 1. The molecule has 0 heterocycles. The number of esters is 1. The van der Waals surface area contributed by atoms with Crippen molar-refractivity contribution < 1.29 is 19.1 Å². The molecule has 0 bridgehead atoms. The predicted molar refractivity (Wildman–Crippen MR) is 77.4 cm³/mol. The molecule has 0 saturated carbocycles. The third kappa shape index (κ3) is 6.40. The number of hydrogen-bond acceptors (Lipinski definition) is 5. The molecule has 1 aromatic rings. The van der Waals surface area contributed by atoms with Gasteiger partial charge in [0.25, 0.3) is 11.1 Å². The molecule has 106 valence electrons. The summed E-state index contributed by atoms with van der Waals surface area (Å²) < 4.78 is 4.31.